The number of H-pyrrole nitrogens is 1. The monoisotopic (exact) mass is 259 g/mol. The van der Waals surface area contributed by atoms with E-state index >= 15 is 0 Å². The average Bonchev–Trinajstić information content (AvgIpc) is 2.78. The van der Waals surface area contributed by atoms with Crippen LogP contribution in [-0.2, 0) is 11.2 Å². The van der Waals surface area contributed by atoms with Gasteiger partial charge in [0.2, 0.25) is 0 Å². The lowest BCUT2D eigenvalue weighted by molar-refractivity contribution is 0.000108. The van der Waals surface area contributed by atoms with Crippen LogP contribution in [0.4, 0.5) is 0 Å². The average molecular weight is 259 g/mol. The van der Waals surface area contributed by atoms with Crippen LogP contribution in [0.15, 0.2) is 37.1 Å². The Balaban J connectivity index is 2.27. The molecule has 0 saturated carbocycles. The maximum absolute atomic E-state index is 5.79. The van der Waals surface area contributed by atoms with Crippen molar-refractivity contribution < 1.29 is 9.47 Å². The van der Waals surface area contributed by atoms with E-state index in [1.807, 2.05) is 18.3 Å². The van der Waals surface area contributed by atoms with E-state index < -0.39 is 0 Å². The lowest BCUT2D eigenvalue weighted by Gasteiger charge is -2.24. The molecular formula is C16H21NO2. The van der Waals surface area contributed by atoms with Gasteiger partial charge in [-0.25, -0.2) is 0 Å². The summed E-state index contributed by atoms with van der Waals surface area (Å²) < 4.78 is 11.1. The summed E-state index contributed by atoms with van der Waals surface area (Å²) in [6, 6.07) is 6.06. The Morgan fingerprint density at radius 1 is 1.37 bits per heavy atom. The molecule has 0 radical (unpaired) electrons. The van der Waals surface area contributed by atoms with E-state index in [1.165, 1.54) is 10.9 Å². The van der Waals surface area contributed by atoms with Crippen molar-refractivity contribution in [3.05, 3.63) is 42.6 Å². The number of aromatic amines is 1. The molecule has 3 nitrogen and oxygen atoms in total. The summed E-state index contributed by atoms with van der Waals surface area (Å²) in [5.41, 5.74) is 2.14. The Kier molecular flexibility index (Phi) is 3.96. The number of hydrogen-bond acceptors (Lipinski definition) is 2. The van der Waals surface area contributed by atoms with Crippen molar-refractivity contribution in [2.24, 2.45) is 0 Å². The summed E-state index contributed by atoms with van der Waals surface area (Å²) in [4.78, 5) is 3.29. The van der Waals surface area contributed by atoms with Crippen LogP contribution in [0.5, 0.6) is 5.75 Å². The predicted molar refractivity (Wildman–Crippen MR) is 78.8 cm³/mol. The second kappa shape index (κ2) is 5.49. The zero-order chi connectivity index (χ0) is 13.9. The molecule has 0 aliphatic rings. The van der Waals surface area contributed by atoms with Gasteiger partial charge in [0.25, 0.3) is 0 Å². The molecule has 0 atom stereocenters. The Morgan fingerprint density at radius 2 is 2.16 bits per heavy atom. The van der Waals surface area contributed by atoms with Crippen LogP contribution in [-0.4, -0.2) is 24.3 Å². The summed E-state index contributed by atoms with van der Waals surface area (Å²) in [6.45, 7) is 8.44. The molecule has 2 aromatic rings. The summed E-state index contributed by atoms with van der Waals surface area (Å²) in [6.07, 6.45) is 4.66. The highest BCUT2D eigenvalue weighted by atomic mass is 16.5. The van der Waals surface area contributed by atoms with Gasteiger partial charge >= 0.3 is 0 Å². The van der Waals surface area contributed by atoms with Crippen LogP contribution in [0.25, 0.3) is 10.9 Å². The number of methoxy groups -OCH3 is 1. The molecule has 1 N–H and O–H groups in total. The largest absolute Gasteiger partial charge is 0.497 e. The van der Waals surface area contributed by atoms with Gasteiger partial charge in [0.1, 0.15) is 5.75 Å². The highest BCUT2D eigenvalue weighted by Gasteiger charge is 2.20. The summed E-state index contributed by atoms with van der Waals surface area (Å²) in [5.74, 6) is 0.873. The smallest absolute Gasteiger partial charge is 0.119 e. The Bertz CT molecular complexity index is 569. The first kappa shape index (κ1) is 13.7. The van der Waals surface area contributed by atoms with E-state index in [0.717, 1.165) is 17.7 Å². The molecule has 0 spiro atoms. The Morgan fingerprint density at radius 3 is 2.84 bits per heavy atom. The van der Waals surface area contributed by atoms with Gasteiger partial charge < -0.3 is 14.5 Å². The number of aromatic nitrogens is 1. The van der Waals surface area contributed by atoms with Gasteiger partial charge in [-0.2, -0.15) is 0 Å². The molecule has 0 aliphatic heterocycles. The van der Waals surface area contributed by atoms with Gasteiger partial charge in [-0.15, -0.1) is 6.58 Å². The maximum atomic E-state index is 5.79. The van der Waals surface area contributed by atoms with E-state index in [-0.39, 0.29) is 5.60 Å². The highest BCUT2D eigenvalue weighted by molar-refractivity contribution is 5.84. The van der Waals surface area contributed by atoms with Crippen molar-refractivity contribution in [2.75, 3.05) is 13.7 Å². The first-order chi connectivity index (χ1) is 9.05. The quantitative estimate of drug-likeness (QED) is 0.803. The van der Waals surface area contributed by atoms with Gasteiger partial charge in [0, 0.05) is 23.5 Å². The second-order valence-corrected chi connectivity index (χ2v) is 5.26. The molecule has 0 aliphatic carbocycles. The van der Waals surface area contributed by atoms with E-state index in [9.17, 15) is 0 Å². The summed E-state index contributed by atoms with van der Waals surface area (Å²) in [7, 11) is 1.69. The fourth-order valence-corrected chi connectivity index (χ4v) is 2.22. The number of nitrogens with one attached hydrogen (secondary N) is 1. The van der Waals surface area contributed by atoms with Crippen LogP contribution in [0, 0.1) is 0 Å². The lowest BCUT2D eigenvalue weighted by atomic mass is 9.98. The van der Waals surface area contributed by atoms with Crippen LogP contribution < -0.4 is 4.74 Å². The van der Waals surface area contributed by atoms with E-state index in [1.54, 1.807) is 13.2 Å². The Labute approximate surface area is 114 Å². The minimum absolute atomic E-state index is 0.216. The molecule has 0 saturated heterocycles. The molecule has 102 valence electrons. The summed E-state index contributed by atoms with van der Waals surface area (Å²) >= 11 is 0. The molecule has 0 fully saturated rings. The zero-order valence-corrected chi connectivity index (χ0v) is 11.8. The first-order valence-corrected chi connectivity index (χ1v) is 6.44. The maximum Gasteiger partial charge on any atom is 0.119 e. The van der Waals surface area contributed by atoms with Crippen molar-refractivity contribution in [2.45, 2.75) is 25.9 Å². The number of fused-ring (bicyclic) bond motifs is 1. The van der Waals surface area contributed by atoms with Crippen molar-refractivity contribution in [1.82, 2.24) is 4.98 Å². The van der Waals surface area contributed by atoms with Crippen LogP contribution >= 0.6 is 0 Å². The molecule has 0 amide bonds. The molecule has 0 unspecified atom stereocenters. The minimum atomic E-state index is -0.216. The predicted octanol–water partition coefficient (Wildman–Crippen LogP) is 3.70. The molecule has 0 bridgehead atoms. The van der Waals surface area contributed by atoms with Crippen LogP contribution in [0.2, 0.25) is 0 Å². The molecule has 1 heterocycles. The molecule has 19 heavy (non-hydrogen) atoms. The third kappa shape index (κ3) is 3.18. The second-order valence-electron chi connectivity index (χ2n) is 5.26. The normalized spacial score (nSPS) is 11.7. The van der Waals surface area contributed by atoms with Gasteiger partial charge in [0.15, 0.2) is 0 Å². The van der Waals surface area contributed by atoms with Crippen molar-refractivity contribution in [1.29, 1.82) is 0 Å². The fourth-order valence-electron chi connectivity index (χ4n) is 2.22. The number of benzene rings is 1. The van der Waals surface area contributed by atoms with E-state index in [4.69, 9.17) is 9.47 Å². The highest BCUT2D eigenvalue weighted by Crippen LogP contribution is 2.27. The molecule has 3 heteroatoms. The van der Waals surface area contributed by atoms with E-state index in [2.05, 4.69) is 31.5 Å². The van der Waals surface area contributed by atoms with Crippen molar-refractivity contribution in [3.8, 4) is 5.75 Å². The third-order valence-electron chi connectivity index (χ3n) is 3.18. The van der Waals surface area contributed by atoms with Crippen LogP contribution in [0.1, 0.15) is 19.4 Å². The van der Waals surface area contributed by atoms with Crippen molar-refractivity contribution >= 4 is 10.9 Å². The Hall–Kier alpha value is -1.74. The number of hydrogen-bond donors (Lipinski definition) is 1. The third-order valence-corrected chi connectivity index (χ3v) is 3.18. The molecule has 2 rings (SSSR count). The van der Waals surface area contributed by atoms with Crippen molar-refractivity contribution in [3.63, 3.8) is 0 Å². The van der Waals surface area contributed by atoms with Gasteiger partial charge in [0.05, 0.1) is 19.3 Å². The zero-order valence-electron chi connectivity index (χ0n) is 11.8. The summed E-state index contributed by atoms with van der Waals surface area (Å²) in [5, 5.41) is 1.19. The minimum Gasteiger partial charge on any atom is -0.497 e. The molecular weight excluding hydrogens is 238 g/mol. The SMILES string of the molecule is C=CCOC(C)(C)Cc1c[nH]c2ccc(OC)cc12. The first-order valence-electron chi connectivity index (χ1n) is 6.44. The number of rotatable bonds is 6. The fraction of sp³-hybridized carbons (Fsp3) is 0.375. The standard InChI is InChI=1S/C16H21NO2/c1-5-8-19-16(2,3)10-12-11-17-15-7-6-13(18-4)9-14(12)15/h5-7,9,11,17H,1,8,10H2,2-4H3. The van der Waals surface area contributed by atoms with E-state index in [0.29, 0.717) is 6.61 Å². The van der Waals surface area contributed by atoms with Gasteiger partial charge in [-0.1, -0.05) is 6.08 Å². The van der Waals surface area contributed by atoms with Gasteiger partial charge in [-0.05, 0) is 37.6 Å². The lowest BCUT2D eigenvalue weighted by Crippen LogP contribution is -2.27. The topological polar surface area (TPSA) is 34.2 Å². The van der Waals surface area contributed by atoms with Gasteiger partial charge in [-0.3, -0.25) is 0 Å². The van der Waals surface area contributed by atoms with Crippen LogP contribution in [0.3, 0.4) is 0 Å². The molecule has 1 aromatic carbocycles. The number of ether oxygens (including phenoxy) is 2. The molecule has 1 aromatic heterocycles.